The lowest BCUT2D eigenvalue weighted by molar-refractivity contribution is 0.102. The van der Waals surface area contributed by atoms with Crippen molar-refractivity contribution in [1.29, 1.82) is 0 Å². The van der Waals surface area contributed by atoms with Gasteiger partial charge in [0.05, 0.1) is 17.8 Å². The zero-order valence-corrected chi connectivity index (χ0v) is 19.0. The summed E-state index contributed by atoms with van der Waals surface area (Å²) in [5, 5.41) is 7.82. The molecule has 2 heterocycles. The van der Waals surface area contributed by atoms with Crippen LogP contribution in [0.1, 0.15) is 52.9 Å². The first-order valence-electron chi connectivity index (χ1n) is 11.0. The summed E-state index contributed by atoms with van der Waals surface area (Å²) in [6.07, 6.45) is 5.09. The predicted octanol–water partition coefficient (Wildman–Crippen LogP) is 5.83. The summed E-state index contributed by atoms with van der Waals surface area (Å²) in [6, 6.07) is 16.3. The SMILES string of the molecule is Cc1ccc(Cn2nc(C)c(C(=O)Nc3ccc(N4CCCCCC4)cc3)c2Cl)cc1. The van der Waals surface area contributed by atoms with Gasteiger partial charge in [-0.2, -0.15) is 5.10 Å². The first-order valence-corrected chi connectivity index (χ1v) is 11.3. The number of rotatable bonds is 5. The number of benzene rings is 2. The van der Waals surface area contributed by atoms with Crippen LogP contribution in [0.2, 0.25) is 5.15 Å². The molecule has 3 aromatic rings. The van der Waals surface area contributed by atoms with E-state index in [1.54, 1.807) is 4.68 Å². The van der Waals surface area contributed by atoms with E-state index in [0.29, 0.717) is 23.0 Å². The van der Waals surface area contributed by atoms with Crippen molar-refractivity contribution in [3.63, 3.8) is 0 Å². The van der Waals surface area contributed by atoms with E-state index in [0.717, 1.165) is 24.3 Å². The Bertz CT molecular complexity index is 1030. The van der Waals surface area contributed by atoms with Crippen LogP contribution in [0, 0.1) is 13.8 Å². The Kier molecular flexibility index (Phi) is 6.62. The monoisotopic (exact) mass is 436 g/mol. The first kappa shape index (κ1) is 21.4. The van der Waals surface area contributed by atoms with Crippen molar-refractivity contribution in [2.75, 3.05) is 23.3 Å². The van der Waals surface area contributed by atoms with E-state index in [2.05, 4.69) is 46.5 Å². The minimum atomic E-state index is -0.236. The summed E-state index contributed by atoms with van der Waals surface area (Å²) >= 11 is 6.55. The van der Waals surface area contributed by atoms with E-state index in [9.17, 15) is 4.79 Å². The summed E-state index contributed by atoms with van der Waals surface area (Å²) in [5.41, 5.74) is 5.30. The maximum atomic E-state index is 12.9. The summed E-state index contributed by atoms with van der Waals surface area (Å²) < 4.78 is 1.68. The van der Waals surface area contributed by atoms with Gasteiger partial charge in [-0.3, -0.25) is 4.79 Å². The van der Waals surface area contributed by atoms with E-state index >= 15 is 0 Å². The minimum Gasteiger partial charge on any atom is -0.372 e. The van der Waals surface area contributed by atoms with E-state index in [4.69, 9.17) is 11.6 Å². The molecular formula is C25H29ClN4O. The number of aryl methyl sites for hydroxylation is 2. The van der Waals surface area contributed by atoms with Crippen LogP contribution < -0.4 is 10.2 Å². The van der Waals surface area contributed by atoms with Gasteiger partial charge >= 0.3 is 0 Å². The topological polar surface area (TPSA) is 50.2 Å². The molecule has 0 saturated carbocycles. The van der Waals surface area contributed by atoms with Crippen molar-refractivity contribution >= 4 is 28.9 Å². The highest BCUT2D eigenvalue weighted by molar-refractivity contribution is 6.33. The second-order valence-corrected chi connectivity index (χ2v) is 8.65. The minimum absolute atomic E-state index is 0.236. The van der Waals surface area contributed by atoms with Crippen molar-refractivity contribution in [2.24, 2.45) is 0 Å². The van der Waals surface area contributed by atoms with Crippen LogP contribution >= 0.6 is 11.6 Å². The Morgan fingerprint density at radius 1 is 0.968 bits per heavy atom. The molecule has 31 heavy (non-hydrogen) atoms. The Balaban J connectivity index is 1.45. The van der Waals surface area contributed by atoms with Gasteiger partial charge in [0.2, 0.25) is 0 Å². The predicted molar refractivity (Wildman–Crippen MR) is 127 cm³/mol. The van der Waals surface area contributed by atoms with Crippen molar-refractivity contribution in [2.45, 2.75) is 46.1 Å². The van der Waals surface area contributed by atoms with Crippen LogP contribution in [0.4, 0.5) is 11.4 Å². The Labute approximate surface area is 189 Å². The van der Waals surface area contributed by atoms with Gasteiger partial charge < -0.3 is 10.2 Å². The second kappa shape index (κ2) is 9.56. The summed E-state index contributed by atoms with van der Waals surface area (Å²) in [7, 11) is 0. The van der Waals surface area contributed by atoms with Gasteiger partial charge in [-0.25, -0.2) is 4.68 Å². The van der Waals surface area contributed by atoms with Crippen molar-refractivity contribution in [1.82, 2.24) is 9.78 Å². The molecule has 4 rings (SSSR count). The fourth-order valence-electron chi connectivity index (χ4n) is 4.06. The molecule has 1 aromatic heterocycles. The fraction of sp³-hybridized carbons (Fsp3) is 0.360. The third-order valence-corrected chi connectivity index (χ3v) is 6.23. The number of carbonyl (C=O) groups is 1. The maximum absolute atomic E-state index is 12.9. The standard InChI is InChI=1S/C25H29ClN4O/c1-18-7-9-20(10-8-18)17-30-24(26)23(19(2)28-30)25(31)27-21-11-13-22(14-12-21)29-15-5-3-4-6-16-29/h7-14H,3-6,15-17H2,1-2H3,(H,27,31). The van der Waals surface area contributed by atoms with Crippen LogP contribution in [0.25, 0.3) is 0 Å². The summed E-state index contributed by atoms with van der Waals surface area (Å²) in [6.45, 7) is 6.59. The van der Waals surface area contributed by atoms with Gasteiger partial charge in [0, 0.05) is 24.5 Å². The van der Waals surface area contributed by atoms with Crippen LogP contribution in [0.5, 0.6) is 0 Å². The lowest BCUT2D eigenvalue weighted by atomic mass is 10.1. The lowest BCUT2D eigenvalue weighted by Crippen LogP contribution is -2.23. The highest BCUT2D eigenvalue weighted by atomic mass is 35.5. The van der Waals surface area contributed by atoms with Gasteiger partial charge in [0.25, 0.3) is 5.91 Å². The Morgan fingerprint density at radius 3 is 2.26 bits per heavy atom. The number of nitrogens with one attached hydrogen (secondary N) is 1. The quantitative estimate of drug-likeness (QED) is 0.547. The molecule has 6 heteroatoms. The Morgan fingerprint density at radius 2 is 1.61 bits per heavy atom. The number of nitrogens with zero attached hydrogens (tertiary/aromatic N) is 3. The molecule has 5 nitrogen and oxygen atoms in total. The molecule has 1 aliphatic rings. The van der Waals surface area contributed by atoms with Crippen LogP contribution in [-0.4, -0.2) is 28.8 Å². The van der Waals surface area contributed by atoms with Gasteiger partial charge in [-0.15, -0.1) is 0 Å². The van der Waals surface area contributed by atoms with Crippen LogP contribution in [0.3, 0.4) is 0 Å². The van der Waals surface area contributed by atoms with Gasteiger partial charge in [-0.1, -0.05) is 54.3 Å². The van der Waals surface area contributed by atoms with E-state index in [1.165, 1.54) is 36.9 Å². The number of anilines is 2. The molecule has 1 N–H and O–H groups in total. The average Bonchev–Trinajstić information content (AvgIpc) is 2.93. The van der Waals surface area contributed by atoms with Crippen molar-refractivity contribution < 1.29 is 4.79 Å². The molecule has 0 unspecified atom stereocenters. The normalized spacial score (nSPS) is 14.4. The highest BCUT2D eigenvalue weighted by Crippen LogP contribution is 2.25. The van der Waals surface area contributed by atoms with Crippen molar-refractivity contribution in [3.8, 4) is 0 Å². The zero-order valence-electron chi connectivity index (χ0n) is 18.2. The van der Waals surface area contributed by atoms with Gasteiger partial charge in [-0.05, 0) is 56.5 Å². The molecule has 0 atom stereocenters. The Hall–Kier alpha value is -2.79. The third kappa shape index (κ3) is 5.10. The molecule has 1 saturated heterocycles. The second-order valence-electron chi connectivity index (χ2n) is 8.30. The number of hydrogen-bond acceptors (Lipinski definition) is 3. The smallest absolute Gasteiger partial charge is 0.260 e. The lowest BCUT2D eigenvalue weighted by Gasteiger charge is -2.22. The number of hydrogen-bond donors (Lipinski definition) is 1. The molecule has 2 aromatic carbocycles. The molecular weight excluding hydrogens is 408 g/mol. The molecule has 0 radical (unpaired) electrons. The molecule has 0 bridgehead atoms. The molecule has 1 aliphatic heterocycles. The third-order valence-electron chi connectivity index (χ3n) is 5.84. The van der Waals surface area contributed by atoms with Gasteiger partial charge in [0.15, 0.2) is 0 Å². The largest absolute Gasteiger partial charge is 0.372 e. The maximum Gasteiger partial charge on any atom is 0.260 e. The number of halogens is 1. The van der Waals surface area contributed by atoms with E-state index < -0.39 is 0 Å². The van der Waals surface area contributed by atoms with E-state index in [-0.39, 0.29) is 5.91 Å². The zero-order chi connectivity index (χ0) is 21.8. The fourth-order valence-corrected chi connectivity index (χ4v) is 4.38. The summed E-state index contributed by atoms with van der Waals surface area (Å²) in [4.78, 5) is 15.4. The number of amides is 1. The summed E-state index contributed by atoms with van der Waals surface area (Å²) in [5.74, 6) is -0.236. The average molecular weight is 437 g/mol. The number of carbonyl (C=O) groups excluding carboxylic acids is 1. The number of aromatic nitrogens is 2. The van der Waals surface area contributed by atoms with E-state index in [1.807, 2.05) is 31.2 Å². The van der Waals surface area contributed by atoms with Gasteiger partial charge in [0.1, 0.15) is 5.15 Å². The molecule has 1 amide bonds. The van der Waals surface area contributed by atoms with Crippen molar-refractivity contribution in [3.05, 3.63) is 76.1 Å². The van der Waals surface area contributed by atoms with Crippen LogP contribution in [0.15, 0.2) is 48.5 Å². The molecule has 0 aliphatic carbocycles. The molecule has 1 fully saturated rings. The molecule has 0 spiro atoms. The molecule has 162 valence electrons. The highest BCUT2D eigenvalue weighted by Gasteiger charge is 2.21. The van der Waals surface area contributed by atoms with Crippen LogP contribution in [-0.2, 0) is 6.54 Å². The first-order chi connectivity index (χ1) is 15.0.